The van der Waals surface area contributed by atoms with E-state index in [-0.39, 0.29) is 5.56 Å². The van der Waals surface area contributed by atoms with Crippen molar-refractivity contribution in [3.05, 3.63) is 53.1 Å². The first kappa shape index (κ1) is 15.0. The van der Waals surface area contributed by atoms with E-state index in [0.29, 0.717) is 18.9 Å². The zero-order valence-corrected chi connectivity index (χ0v) is 13.0. The van der Waals surface area contributed by atoms with Crippen molar-refractivity contribution in [3.63, 3.8) is 0 Å². The Bertz CT molecular complexity index is 853. The highest BCUT2D eigenvalue weighted by atomic mass is 16.5. The van der Waals surface area contributed by atoms with Gasteiger partial charge in [-0.3, -0.25) is 0 Å². The number of carboxylic acid groups (broad SMARTS) is 1. The van der Waals surface area contributed by atoms with E-state index in [0.717, 1.165) is 11.0 Å². The number of hydrogen-bond donors (Lipinski definition) is 1. The maximum absolute atomic E-state index is 10.8. The van der Waals surface area contributed by atoms with E-state index in [9.17, 15) is 4.79 Å². The standard InChI is InChI=1S/C17H17N3O3/c1-11-9-15-16(10-12(11)2)20(19-18-15)7-8-23-14-5-3-13(4-6-14)17(21)22/h3-6,9-10H,7-8H2,1-2H3,(H,21,22). The molecule has 1 N–H and O–H groups in total. The van der Waals surface area contributed by atoms with E-state index in [1.165, 1.54) is 23.3 Å². The predicted octanol–water partition coefficient (Wildman–Crippen LogP) is 2.83. The van der Waals surface area contributed by atoms with Gasteiger partial charge in [-0.2, -0.15) is 0 Å². The van der Waals surface area contributed by atoms with Crippen LogP contribution in [0.4, 0.5) is 0 Å². The Hall–Kier alpha value is -2.89. The lowest BCUT2D eigenvalue weighted by Gasteiger charge is -2.07. The van der Waals surface area contributed by atoms with Gasteiger partial charge in [0.05, 0.1) is 17.6 Å². The first-order valence-corrected chi connectivity index (χ1v) is 7.31. The molecule has 6 nitrogen and oxygen atoms in total. The summed E-state index contributed by atoms with van der Waals surface area (Å²) in [6, 6.07) is 10.4. The van der Waals surface area contributed by atoms with Crippen LogP contribution in [0.15, 0.2) is 36.4 Å². The molecule has 0 spiro atoms. The number of aromatic carboxylic acids is 1. The smallest absolute Gasteiger partial charge is 0.335 e. The number of benzene rings is 2. The number of nitrogens with zero attached hydrogens (tertiary/aromatic N) is 3. The van der Waals surface area contributed by atoms with Gasteiger partial charge in [-0.1, -0.05) is 5.21 Å². The maximum Gasteiger partial charge on any atom is 0.335 e. The number of ether oxygens (including phenoxy) is 1. The molecule has 118 valence electrons. The molecule has 0 unspecified atom stereocenters. The lowest BCUT2D eigenvalue weighted by molar-refractivity contribution is 0.0697. The van der Waals surface area contributed by atoms with Gasteiger partial charge in [0, 0.05) is 0 Å². The van der Waals surface area contributed by atoms with Crippen LogP contribution >= 0.6 is 0 Å². The average molecular weight is 311 g/mol. The van der Waals surface area contributed by atoms with Crippen LogP contribution in [0.5, 0.6) is 5.75 Å². The van der Waals surface area contributed by atoms with Crippen molar-refractivity contribution >= 4 is 17.0 Å². The molecule has 0 saturated carbocycles. The van der Waals surface area contributed by atoms with E-state index in [1.807, 2.05) is 10.7 Å². The molecule has 23 heavy (non-hydrogen) atoms. The van der Waals surface area contributed by atoms with Gasteiger partial charge >= 0.3 is 5.97 Å². The monoisotopic (exact) mass is 311 g/mol. The topological polar surface area (TPSA) is 77.2 Å². The van der Waals surface area contributed by atoms with Crippen LogP contribution in [0.1, 0.15) is 21.5 Å². The second kappa shape index (κ2) is 6.08. The molecule has 0 aliphatic carbocycles. The molecule has 6 heteroatoms. The third-order valence-electron chi connectivity index (χ3n) is 3.80. The largest absolute Gasteiger partial charge is 0.492 e. The van der Waals surface area contributed by atoms with Crippen molar-refractivity contribution in [2.45, 2.75) is 20.4 Å². The summed E-state index contributed by atoms with van der Waals surface area (Å²) in [5.74, 6) is -0.317. The van der Waals surface area contributed by atoms with E-state index >= 15 is 0 Å². The molecular formula is C17H17N3O3. The minimum absolute atomic E-state index is 0.241. The minimum atomic E-state index is -0.948. The van der Waals surface area contributed by atoms with Crippen LogP contribution in [-0.2, 0) is 6.54 Å². The molecule has 0 saturated heterocycles. The fraction of sp³-hybridized carbons (Fsp3) is 0.235. The van der Waals surface area contributed by atoms with Crippen LogP contribution in [-0.4, -0.2) is 32.7 Å². The van der Waals surface area contributed by atoms with Gasteiger partial charge in [-0.05, 0) is 61.4 Å². The molecular weight excluding hydrogens is 294 g/mol. The SMILES string of the molecule is Cc1cc2nnn(CCOc3ccc(C(=O)O)cc3)c2cc1C. The van der Waals surface area contributed by atoms with Crippen LogP contribution in [0, 0.1) is 13.8 Å². The summed E-state index contributed by atoms with van der Waals surface area (Å²) >= 11 is 0. The van der Waals surface area contributed by atoms with Crippen LogP contribution in [0.2, 0.25) is 0 Å². The molecule has 0 bridgehead atoms. The molecule has 3 rings (SSSR count). The lowest BCUT2D eigenvalue weighted by atomic mass is 10.1. The first-order chi connectivity index (χ1) is 11.0. The molecule has 3 aromatic rings. The van der Waals surface area contributed by atoms with E-state index < -0.39 is 5.97 Å². The van der Waals surface area contributed by atoms with Gasteiger partial charge in [0.1, 0.15) is 17.9 Å². The maximum atomic E-state index is 10.8. The van der Waals surface area contributed by atoms with Crippen LogP contribution < -0.4 is 4.74 Å². The third-order valence-corrected chi connectivity index (χ3v) is 3.80. The molecule has 0 aliphatic heterocycles. The number of fused-ring (bicyclic) bond motifs is 1. The number of hydrogen-bond acceptors (Lipinski definition) is 4. The molecule has 0 atom stereocenters. The zero-order chi connectivity index (χ0) is 16.4. The summed E-state index contributed by atoms with van der Waals surface area (Å²) in [5, 5.41) is 17.2. The molecule has 0 amide bonds. The molecule has 1 heterocycles. The zero-order valence-electron chi connectivity index (χ0n) is 13.0. The number of aromatic nitrogens is 3. The number of carboxylic acids is 1. The summed E-state index contributed by atoms with van der Waals surface area (Å²) in [6.45, 7) is 5.11. The Morgan fingerprint density at radius 3 is 2.57 bits per heavy atom. The fourth-order valence-corrected chi connectivity index (χ4v) is 2.33. The Morgan fingerprint density at radius 1 is 1.17 bits per heavy atom. The quantitative estimate of drug-likeness (QED) is 0.784. The van der Waals surface area contributed by atoms with Crippen molar-refractivity contribution in [2.75, 3.05) is 6.61 Å². The lowest BCUT2D eigenvalue weighted by Crippen LogP contribution is -2.09. The molecule has 2 aromatic carbocycles. The van der Waals surface area contributed by atoms with Gasteiger partial charge in [-0.15, -0.1) is 5.10 Å². The average Bonchev–Trinajstić information content (AvgIpc) is 2.90. The van der Waals surface area contributed by atoms with Crippen molar-refractivity contribution < 1.29 is 14.6 Å². The summed E-state index contributed by atoms with van der Waals surface area (Å²) in [6.07, 6.45) is 0. The minimum Gasteiger partial charge on any atom is -0.492 e. The van der Waals surface area contributed by atoms with E-state index in [4.69, 9.17) is 9.84 Å². The molecule has 0 radical (unpaired) electrons. The highest BCUT2D eigenvalue weighted by Crippen LogP contribution is 2.17. The Kier molecular flexibility index (Phi) is 3.97. The first-order valence-electron chi connectivity index (χ1n) is 7.31. The normalized spacial score (nSPS) is 10.9. The number of rotatable bonds is 5. The van der Waals surface area contributed by atoms with Crippen molar-refractivity contribution in [1.82, 2.24) is 15.0 Å². The van der Waals surface area contributed by atoms with Gasteiger partial charge < -0.3 is 9.84 Å². The molecule has 0 fully saturated rings. The molecule has 0 aliphatic rings. The van der Waals surface area contributed by atoms with Crippen molar-refractivity contribution in [3.8, 4) is 5.75 Å². The van der Waals surface area contributed by atoms with Gasteiger partial charge in [0.25, 0.3) is 0 Å². The van der Waals surface area contributed by atoms with Crippen molar-refractivity contribution in [2.24, 2.45) is 0 Å². The third kappa shape index (κ3) is 3.15. The number of carbonyl (C=O) groups is 1. The fourth-order valence-electron chi connectivity index (χ4n) is 2.33. The summed E-state index contributed by atoms with van der Waals surface area (Å²) in [5.41, 5.74) is 4.49. The second-order valence-corrected chi connectivity index (χ2v) is 5.42. The van der Waals surface area contributed by atoms with E-state index in [2.05, 4.69) is 30.2 Å². The van der Waals surface area contributed by atoms with Crippen LogP contribution in [0.25, 0.3) is 11.0 Å². The summed E-state index contributed by atoms with van der Waals surface area (Å²) < 4.78 is 7.45. The van der Waals surface area contributed by atoms with Crippen LogP contribution in [0.3, 0.4) is 0 Å². The Labute approximate surface area is 133 Å². The Balaban J connectivity index is 1.67. The van der Waals surface area contributed by atoms with Gasteiger partial charge in [-0.25, -0.2) is 9.48 Å². The molecule has 1 aromatic heterocycles. The highest BCUT2D eigenvalue weighted by molar-refractivity contribution is 5.87. The van der Waals surface area contributed by atoms with Gasteiger partial charge in [0.15, 0.2) is 0 Å². The highest BCUT2D eigenvalue weighted by Gasteiger charge is 2.07. The number of aryl methyl sites for hydroxylation is 2. The van der Waals surface area contributed by atoms with Crippen molar-refractivity contribution in [1.29, 1.82) is 0 Å². The summed E-state index contributed by atoms with van der Waals surface area (Å²) in [7, 11) is 0. The second-order valence-electron chi connectivity index (χ2n) is 5.42. The van der Waals surface area contributed by atoms with E-state index in [1.54, 1.807) is 12.1 Å². The summed E-state index contributed by atoms with van der Waals surface area (Å²) in [4.78, 5) is 10.8. The predicted molar refractivity (Wildman–Crippen MR) is 85.9 cm³/mol. The van der Waals surface area contributed by atoms with Gasteiger partial charge in [0.2, 0.25) is 0 Å². The Morgan fingerprint density at radius 2 is 1.87 bits per heavy atom.